The molecule has 1 aliphatic heterocycles. The Morgan fingerprint density at radius 3 is 2.25 bits per heavy atom. The van der Waals surface area contributed by atoms with Gasteiger partial charge < -0.3 is 9.64 Å². The summed E-state index contributed by atoms with van der Waals surface area (Å²) in [7, 11) is 0. The van der Waals surface area contributed by atoms with Crippen LogP contribution in [0.4, 0.5) is 4.79 Å². The van der Waals surface area contributed by atoms with Crippen LogP contribution in [-0.4, -0.2) is 35.0 Å². The molecule has 1 aliphatic rings. The van der Waals surface area contributed by atoms with Gasteiger partial charge >= 0.3 is 6.09 Å². The minimum atomic E-state index is -0.386. The molecule has 0 radical (unpaired) electrons. The van der Waals surface area contributed by atoms with Crippen molar-refractivity contribution in [2.24, 2.45) is 5.92 Å². The summed E-state index contributed by atoms with van der Waals surface area (Å²) in [5, 5.41) is 1.04. The van der Waals surface area contributed by atoms with Crippen molar-refractivity contribution >= 4 is 39.0 Å². The first kappa shape index (κ1) is 16.2. The van der Waals surface area contributed by atoms with Gasteiger partial charge in [0, 0.05) is 18.4 Å². The van der Waals surface area contributed by atoms with Crippen molar-refractivity contribution < 1.29 is 9.53 Å². The second-order valence-corrected chi connectivity index (χ2v) is 5.71. The molecule has 0 bridgehead atoms. The first-order valence-electron chi connectivity index (χ1n) is 5.46. The molecule has 0 aromatic heterocycles. The van der Waals surface area contributed by atoms with E-state index in [0.29, 0.717) is 5.92 Å². The lowest BCUT2D eigenvalue weighted by Crippen LogP contribution is -2.41. The molecular formula is C11H21Br2NO2. The van der Waals surface area contributed by atoms with Crippen molar-refractivity contribution in [2.45, 2.75) is 39.2 Å². The van der Waals surface area contributed by atoms with Gasteiger partial charge in [-0.2, -0.15) is 0 Å². The maximum Gasteiger partial charge on any atom is 0.410 e. The molecule has 16 heavy (non-hydrogen) atoms. The van der Waals surface area contributed by atoms with Crippen molar-refractivity contribution in [2.75, 3.05) is 18.4 Å². The van der Waals surface area contributed by atoms with Crippen LogP contribution in [0.5, 0.6) is 0 Å². The summed E-state index contributed by atoms with van der Waals surface area (Å²) < 4.78 is 5.32. The van der Waals surface area contributed by atoms with Crippen molar-refractivity contribution in [3.63, 3.8) is 0 Å². The van der Waals surface area contributed by atoms with Gasteiger partial charge in [0.2, 0.25) is 0 Å². The number of amides is 1. The number of alkyl halides is 1. The summed E-state index contributed by atoms with van der Waals surface area (Å²) in [6.45, 7) is 7.35. The minimum absolute atomic E-state index is 0. The Balaban J connectivity index is 0.00000225. The molecule has 0 atom stereocenters. The second kappa shape index (κ2) is 6.84. The van der Waals surface area contributed by atoms with Crippen LogP contribution in [0, 0.1) is 5.92 Å². The largest absolute Gasteiger partial charge is 0.444 e. The summed E-state index contributed by atoms with van der Waals surface area (Å²) in [5.41, 5.74) is -0.386. The Labute approximate surface area is 117 Å². The van der Waals surface area contributed by atoms with E-state index in [1.54, 1.807) is 0 Å². The van der Waals surface area contributed by atoms with Crippen molar-refractivity contribution in [1.29, 1.82) is 0 Å². The zero-order valence-corrected chi connectivity index (χ0v) is 13.5. The van der Waals surface area contributed by atoms with Crippen molar-refractivity contribution in [3.05, 3.63) is 0 Å². The SMILES string of the molecule is Br.CC(C)(C)OC(=O)N1CCC(CBr)CC1. The maximum absolute atomic E-state index is 11.7. The molecule has 1 fully saturated rings. The van der Waals surface area contributed by atoms with E-state index in [9.17, 15) is 4.79 Å². The van der Waals surface area contributed by atoms with Gasteiger partial charge in [-0.15, -0.1) is 17.0 Å². The third-order valence-corrected chi connectivity index (χ3v) is 3.40. The number of nitrogens with zero attached hydrogens (tertiary/aromatic N) is 1. The van der Waals surface area contributed by atoms with Crippen LogP contribution in [0.15, 0.2) is 0 Å². The minimum Gasteiger partial charge on any atom is -0.444 e. The van der Waals surface area contributed by atoms with Gasteiger partial charge in [-0.3, -0.25) is 0 Å². The Morgan fingerprint density at radius 2 is 1.88 bits per heavy atom. The fraction of sp³-hybridized carbons (Fsp3) is 0.909. The summed E-state index contributed by atoms with van der Waals surface area (Å²) >= 11 is 3.48. The van der Waals surface area contributed by atoms with Crippen LogP contribution < -0.4 is 0 Å². The molecule has 0 aromatic rings. The fourth-order valence-corrected chi connectivity index (χ4v) is 2.24. The third kappa shape index (κ3) is 5.53. The number of likely N-dealkylation sites (tertiary alicyclic amines) is 1. The van der Waals surface area contributed by atoms with Gasteiger partial charge in [0.25, 0.3) is 0 Å². The van der Waals surface area contributed by atoms with Gasteiger partial charge in [0.15, 0.2) is 0 Å². The number of rotatable bonds is 1. The summed E-state index contributed by atoms with van der Waals surface area (Å²) in [5.74, 6) is 0.712. The number of halogens is 2. The third-order valence-electron chi connectivity index (χ3n) is 2.48. The Bertz CT molecular complexity index is 221. The normalized spacial score (nSPS) is 17.9. The first-order chi connectivity index (χ1) is 6.92. The van der Waals surface area contributed by atoms with Gasteiger partial charge in [-0.05, 0) is 39.5 Å². The predicted molar refractivity (Wildman–Crippen MR) is 74.6 cm³/mol. The lowest BCUT2D eigenvalue weighted by molar-refractivity contribution is 0.0191. The number of carbonyl (C=O) groups excluding carboxylic acids is 1. The highest BCUT2D eigenvalue weighted by molar-refractivity contribution is 9.09. The molecule has 5 heteroatoms. The fourth-order valence-electron chi connectivity index (χ4n) is 1.60. The lowest BCUT2D eigenvalue weighted by Gasteiger charge is -2.32. The first-order valence-corrected chi connectivity index (χ1v) is 6.58. The Morgan fingerprint density at radius 1 is 1.38 bits per heavy atom. The molecule has 0 spiro atoms. The maximum atomic E-state index is 11.7. The number of piperidine rings is 1. The van der Waals surface area contributed by atoms with Gasteiger partial charge in [-0.25, -0.2) is 4.79 Å². The lowest BCUT2D eigenvalue weighted by atomic mass is 10.00. The number of hydrogen-bond donors (Lipinski definition) is 0. The van der Waals surface area contributed by atoms with Crippen molar-refractivity contribution in [3.8, 4) is 0 Å². The molecule has 1 saturated heterocycles. The molecule has 0 unspecified atom stereocenters. The second-order valence-electron chi connectivity index (χ2n) is 5.07. The molecule has 0 aliphatic carbocycles. The van der Waals surface area contributed by atoms with Gasteiger partial charge in [-0.1, -0.05) is 15.9 Å². The van der Waals surface area contributed by atoms with Crippen molar-refractivity contribution in [1.82, 2.24) is 4.90 Å². The van der Waals surface area contributed by atoms with E-state index in [4.69, 9.17) is 4.74 Å². The zero-order valence-electron chi connectivity index (χ0n) is 10.2. The summed E-state index contributed by atoms with van der Waals surface area (Å²) in [6.07, 6.45) is 1.98. The Hall–Kier alpha value is 0.230. The molecular weight excluding hydrogens is 338 g/mol. The van der Waals surface area contributed by atoms with Crippen LogP contribution in [0.25, 0.3) is 0 Å². The average Bonchev–Trinajstić information content (AvgIpc) is 2.15. The molecule has 96 valence electrons. The topological polar surface area (TPSA) is 29.5 Å². The number of carbonyl (C=O) groups is 1. The van der Waals surface area contributed by atoms with E-state index in [1.165, 1.54) is 0 Å². The van der Waals surface area contributed by atoms with Crippen LogP contribution in [0.3, 0.4) is 0 Å². The van der Waals surface area contributed by atoms with E-state index in [2.05, 4.69) is 15.9 Å². The molecule has 0 saturated carbocycles. The molecule has 1 rings (SSSR count). The molecule has 3 nitrogen and oxygen atoms in total. The molecule has 1 amide bonds. The van der Waals surface area contributed by atoms with E-state index >= 15 is 0 Å². The molecule has 0 N–H and O–H groups in total. The smallest absolute Gasteiger partial charge is 0.410 e. The highest BCUT2D eigenvalue weighted by Crippen LogP contribution is 2.20. The summed E-state index contributed by atoms with van der Waals surface area (Å²) in [4.78, 5) is 13.5. The highest BCUT2D eigenvalue weighted by Gasteiger charge is 2.26. The quantitative estimate of drug-likeness (QED) is 0.670. The number of hydrogen-bond acceptors (Lipinski definition) is 2. The summed E-state index contributed by atoms with van der Waals surface area (Å²) in [6, 6.07) is 0. The van der Waals surface area contributed by atoms with Crippen LogP contribution in [-0.2, 0) is 4.74 Å². The predicted octanol–water partition coefficient (Wildman–Crippen LogP) is 3.61. The van der Waals surface area contributed by atoms with E-state index < -0.39 is 0 Å². The number of ether oxygens (including phenoxy) is 1. The monoisotopic (exact) mass is 357 g/mol. The van der Waals surface area contributed by atoms with Gasteiger partial charge in [0.05, 0.1) is 0 Å². The van der Waals surface area contributed by atoms with E-state index in [1.807, 2.05) is 25.7 Å². The van der Waals surface area contributed by atoms with Gasteiger partial charge in [0.1, 0.15) is 5.60 Å². The van der Waals surface area contributed by atoms with E-state index in [-0.39, 0.29) is 28.7 Å². The van der Waals surface area contributed by atoms with E-state index in [0.717, 1.165) is 31.3 Å². The average molecular weight is 359 g/mol. The standard InChI is InChI=1S/C11H20BrNO2.BrH/c1-11(2,3)15-10(14)13-6-4-9(8-12)5-7-13;/h9H,4-8H2,1-3H3;1H. The van der Waals surface area contributed by atoms with Crippen LogP contribution in [0.2, 0.25) is 0 Å². The molecule has 1 heterocycles. The highest BCUT2D eigenvalue weighted by atomic mass is 79.9. The van der Waals surface area contributed by atoms with Crippen LogP contribution in [0.1, 0.15) is 33.6 Å². The zero-order chi connectivity index (χ0) is 11.5. The van der Waals surface area contributed by atoms with Crippen LogP contribution >= 0.6 is 32.9 Å². The molecule has 0 aromatic carbocycles. The Kier molecular flexibility index (Phi) is 6.94.